The molecule has 0 radical (unpaired) electrons. The first kappa shape index (κ1) is 13.4. The fourth-order valence-corrected chi connectivity index (χ4v) is 1.84. The molecule has 0 heterocycles. The molecule has 0 spiro atoms. The lowest BCUT2D eigenvalue weighted by molar-refractivity contribution is 0.102. The van der Waals surface area contributed by atoms with Gasteiger partial charge in [-0.25, -0.2) is 4.39 Å². The Labute approximate surface area is 114 Å². The SMILES string of the molecule is Cc1ccc(C(=O)Nc2c(F)cccc2Cl)c(O)c1. The van der Waals surface area contributed by atoms with Gasteiger partial charge in [0.05, 0.1) is 16.3 Å². The highest BCUT2D eigenvalue weighted by Gasteiger charge is 2.15. The number of phenols is 1. The summed E-state index contributed by atoms with van der Waals surface area (Å²) in [6, 6.07) is 8.70. The minimum Gasteiger partial charge on any atom is -0.507 e. The molecule has 2 aromatic rings. The fourth-order valence-electron chi connectivity index (χ4n) is 1.63. The Hall–Kier alpha value is -2.07. The Morgan fingerprint density at radius 2 is 2.05 bits per heavy atom. The van der Waals surface area contributed by atoms with Crippen LogP contribution in [0.4, 0.5) is 10.1 Å². The van der Waals surface area contributed by atoms with Crippen molar-refractivity contribution in [3.8, 4) is 5.75 Å². The minimum absolute atomic E-state index is 0.0601. The second kappa shape index (κ2) is 5.28. The maximum atomic E-state index is 13.5. The van der Waals surface area contributed by atoms with E-state index in [-0.39, 0.29) is 22.0 Å². The van der Waals surface area contributed by atoms with E-state index in [9.17, 15) is 14.3 Å². The van der Waals surface area contributed by atoms with Gasteiger partial charge in [0.15, 0.2) is 0 Å². The molecule has 1 amide bonds. The Morgan fingerprint density at radius 1 is 1.32 bits per heavy atom. The largest absolute Gasteiger partial charge is 0.507 e. The molecule has 2 N–H and O–H groups in total. The molecule has 0 fully saturated rings. The van der Waals surface area contributed by atoms with Crippen LogP contribution in [-0.4, -0.2) is 11.0 Å². The number of halogens is 2. The molecular formula is C14H11ClFNO2. The number of hydrogen-bond donors (Lipinski definition) is 2. The monoisotopic (exact) mass is 279 g/mol. The van der Waals surface area contributed by atoms with Gasteiger partial charge in [0.25, 0.3) is 5.91 Å². The summed E-state index contributed by atoms with van der Waals surface area (Å²) in [5, 5.41) is 12.1. The highest BCUT2D eigenvalue weighted by Crippen LogP contribution is 2.26. The van der Waals surface area contributed by atoms with E-state index >= 15 is 0 Å². The number of nitrogens with one attached hydrogen (secondary N) is 1. The number of benzene rings is 2. The molecular weight excluding hydrogens is 269 g/mol. The van der Waals surface area contributed by atoms with Crippen molar-refractivity contribution < 1.29 is 14.3 Å². The molecule has 0 saturated heterocycles. The molecule has 2 rings (SSSR count). The third-order valence-corrected chi connectivity index (χ3v) is 2.91. The maximum absolute atomic E-state index is 13.5. The van der Waals surface area contributed by atoms with Crippen LogP contribution in [0.2, 0.25) is 5.02 Å². The lowest BCUT2D eigenvalue weighted by Crippen LogP contribution is -2.13. The molecule has 0 aromatic heterocycles. The second-order valence-corrected chi connectivity index (χ2v) is 4.48. The van der Waals surface area contributed by atoms with Gasteiger partial charge >= 0.3 is 0 Å². The normalized spacial score (nSPS) is 10.3. The van der Waals surface area contributed by atoms with Gasteiger partial charge in [0, 0.05) is 0 Å². The quantitative estimate of drug-likeness (QED) is 0.880. The molecule has 0 aliphatic heterocycles. The van der Waals surface area contributed by atoms with Crippen LogP contribution in [0.15, 0.2) is 36.4 Å². The third-order valence-electron chi connectivity index (χ3n) is 2.60. The lowest BCUT2D eigenvalue weighted by Gasteiger charge is -2.09. The molecule has 5 heteroatoms. The van der Waals surface area contributed by atoms with Crippen LogP contribution < -0.4 is 5.32 Å². The predicted octanol–water partition coefficient (Wildman–Crippen LogP) is 3.75. The van der Waals surface area contributed by atoms with E-state index in [1.165, 1.54) is 30.3 Å². The zero-order valence-corrected chi connectivity index (χ0v) is 10.8. The predicted molar refractivity (Wildman–Crippen MR) is 72.2 cm³/mol. The molecule has 0 atom stereocenters. The number of para-hydroxylation sites is 1. The summed E-state index contributed by atoms with van der Waals surface area (Å²) in [5.74, 6) is -1.41. The standard InChI is InChI=1S/C14H11ClFNO2/c1-8-5-6-9(12(18)7-8)14(19)17-13-10(15)3-2-4-11(13)16/h2-7,18H,1H3,(H,17,19). The summed E-state index contributed by atoms with van der Waals surface area (Å²) in [5.41, 5.74) is 0.775. The summed E-state index contributed by atoms with van der Waals surface area (Å²) < 4.78 is 13.5. The summed E-state index contributed by atoms with van der Waals surface area (Å²) >= 11 is 5.81. The van der Waals surface area contributed by atoms with E-state index in [1.54, 1.807) is 13.0 Å². The van der Waals surface area contributed by atoms with Crippen LogP contribution in [0.25, 0.3) is 0 Å². The number of hydrogen-bond acceptors (Lipinski definition) is 2. The second-order valence-electron chi connectivity index (χ2n) is 4.07. The van der Waals surface area contributed by atoms with Crippen LogP contribution in [0.3, 0.4) is 0 Å². The van der Waals surface area contributed by atoms with Crippen molar-refractivity contribution in [3.63, 3.8) is 0 Å². The number of anilines is 1. The van der Waals surface area contributed by atoms with Gasteiger partial charge in [-0.3, -0.25) is 4.79 Å². The number of amides is 1. The fraction of sp³-hybridized carbons (Fsp3) is 0.0714. The van der Waals surface area contributed by atoms with Crippen LogP contribution in [-0.2, 0) is 0 Å². The summed E-state index contributed by atoms with van der Waals surface area (Å²) in [6.45, 7) is 1.79. The average Bonchev–Trinajstić information content (AvgIpc) is 2.33. The highest BCUT2D eigenvalue weighted by molar-refractivity contribution is 6.34. The first-order valence-corrected chi connectivity index (χ1v) is 5.92. The molecule has 0 aliphatic carbocycles. The average molecular weight is 280 g/mol. The van der Waals surface area contributed by atoms with E-state index in [2.05, 4.69) is 5.32 Å². The number of phenolic OH excluding ortho intramolecular Hbond substituents is 1. The van der Waals surface area contributed by atoms with Crippen molar-refractivity contribution in [1.82, 2.24) is 0 Å². The van der Waals surface area contributed by atoms with E-state index in [4.69, 9.17) is 11.6 Å². The Bertz CT molecular complexity index is 623. The first-order valence-electron chi connectivity index (χ1n) is 5.54. The van der Waals surface area contributed by atoms with Crippen LogP contribution in [0.5, 0.6) is 5.75 Å². The number of carbonyl (C=O) groups is 1. The molecule has 3 nitrogen and oxygen atoms in total. The lowest BCUT2D eigenvalue weighted by atomic mass is 10.1. The number of rotatable bonds is 2. The van der Waals surface area contributed by atoms with Crippen LogP contribution in [0.1, 0.15) is 15.9 Å². The molecule has 2 aromatic carbocycles. The number of aromatic hydroxyl groups is 1. The van der Waals surface area contributed by atoms with Crippen molar-refractivity contribution >= 4 is 23.2 Å². The van der Waals surface area contributed by atoms with E-state index in [0.717, 1.165) is 5.56 Å². The number of aryl methyl sites for hydroxylation is 1. The van der Waals surface area contributed by atoms with E-state index < -0.39 is 11.7 Å². The third kappa shape index (κ3) is 2.85. The Morgan fingerprint density at radius 3 is 2.68 bits per heavy atom. The van der Waals surface area contributed by atoms with Gasteiger partial charge in [-0.1, -0.05) is 23.7 Å². The Balaban J connectivity index is 2.31. The maximum Gasteiger partial charge on any atom is 0.259 e. The number of carbonyl (C=O) groups excluding carboxylic acids is 1. The first-order chi connectivity index (χ1) is 8.99. The van der Waals surface area contributed by atoms with E-state index in [1.807, 2.05) is 0 Å². The van der Waals surface area contributed by atoms with Gasteiger partial charge in [-0.05, 0) is 36.8 Å². The molecule has 0 unspecified atom stereocenters. The molecule has 0 saturated carbocycles. The summed E-state index contributed by atoms with van der Waals surface area (Å²) in [6.07, 6.45) is 0. The zero-order chi connectivity index (χ0) is 14.0. The van der Waals surface area contributed by atoms with Crippen LogP contribution in [0, 0.1) is 12.7 Å². The topological polar surface area (TPSA) is 49.3 Å². The van der Waals surface area contributed by atoms with Crippen molar-refractivity contribution in [2.24, 2.45) is 0 Å². The van der Waals surface area contributed by atoms with Gasteiger partial charge in [0.2, 0.25) is 0 Å². The minimum atomic E-state index is -0.632. The smallest absolute Gasteiger partial charge is 0.259 e. The van der Waals surface area contributed by atoms with E-state index in [0.29, 0.717) is 0 Å². The van der Waals surface area contributed by atoms with Crippen molar-refractivity contribution in [3.05, 3.63) is 58.4 Å². The van der Waals surface area contributed by atoms with Gasteiger partial charge < -0.3 is 10.4 Å². The zero-order valence-electron chi connectivity index (χ0n) is 10.1. The van der Waals surface area contributed by atoms with Crippen molar-refractivity contribution in [1.29, 1.82) is 0 Å². The molecule has 98 valence electrons. The molecule has 19 heavy (non-hydrogen) atoms. The summed E-state index contributed by atoms with van der Waals surface area (Å²) in [7, 11) is 0. The summed E-state index contributed by atoms with van der Waals surface area (Å²) in [4.78, 5) is 12.0. The van der Waals surface area contributed by atoms with Crippen molar-refractivity contribution in [2.75, 3.05) is 5.32 Å². The van der Waals surface area contributed by atoms with Gasteiger partial charge in [-0.15, -0.1) is 0 Å². The van der Waals surface area contributed by atoms with Crippen molar-refractivity contribution in [2.45, 2.75) is 6.92 Å². The molecule has 0 aliphatic rings. The van der Waals surface area contributed by atoms with Crippen LogP contribution >= 0.6 is 11.6 Å². The Kier molecular flexibility index (Phi) is 3.71. The van der Waals surface area contributed by atoms with Gasteiger partial charge in [0.1, 0.15) is 11.6 Å². The molecule has 0 bridgehead atoms. The van der Waals surface area contributed by atoms with Gasteiger partial charge in [-0.2, -0.15) is 0 Å². The highest BCUT2D eigenvalue weighted by atomic mass is 35.5.